The van der Waals surface area contributed by atoms with Gasteiger partial charge in [0.1, 0.15) is 0 Å². The van der Waals surface area contributed by atoms with Crippen LogP contribution in [-0.2, 0) is 13.1 Å². The van der Waals surface area contributed by atoms with E-state index in [-0.39, 0.29) is 24.0 Å². The van der Waals surface area contributed by atoms with E-state index in [1.54, 1.807) is 12.4 Å². The van der Waals surface area contributed by atoms with Crippen LogP contribution in [0.2, 0.25) is 0 Å². The summed E-state index contributed by atoms with van der Waals surface area (Å²) in [5, 5.41) is 10.8. The number of benzene rings is 1. The van der Waals surface area contributed by atoms with Gasteiger partial charge in [-0.05, 0) is 44.0 Å². The predicted molar refractivity (Wildman–Crippen MR) is 137 cm³/mol. The molecule has 0 aliphatic carbocycles. The molecule has 2 aromatic heterocycles. The van der Waals surface area contributed by atoms with Gasteiger partial charge in [-0.1, -0.05) is 18.2 Å². The van der Waals surface area contributed by atoms with E-state index in [0.29, 0.717) is 30.5 Å². The topological polar surface area (TPSA) is 85.6 Å². The van der Waals surface area contributed by atoms with Gasteiger partial charge in [0.2, 0.25) is 5.88 Å². The van der Waals surface area contributed by atoms with Crippen molar-refractivity contribution in [2.24, 2.45) is 4.99 Å². The van der Waals surface area contributed by atoms with Gasteiger partial charge in [-0.15, -0.1) is 24.0 Å². The maximum Gasteiger partial charge on any atom is 0.219 e. The highest BCUT2D eigenvalue weighted by Crippen LogP contribution is 2.30. The lowest BCUT2D eigenvalue weighted by molar-refractivity contribution is 0.319. The van der Waals surface area contributed by atoms with Gasteiger partial charge in [0.25, 0.3) is 0 Å². The van der Waals surface area contributed by atoms with Crippen molar-refractivity contribution in [2.75, 3.05) is 19.7 Å². The van der Waals surface area contributed by atoms with E-state index < -0.39 is 0 Å². The van der Waals surface area contributed by atoms with Crippen molar-refractivity contribution in [3.05, 3.63) is 66.6 Å². The standard InChI is InChI=1S/C23H30N6O2.HI/c1-3-24-23(25-13-7-15-29-16-8-14-28-29)27-18-19-11-12-22(26-17-19)31-21-10-6-5-9-20(21)30-4-2;/h5-6,8-12,14,16-17H,3-4,7,13,15,18H2,1-2H3,(H2,24,25,27);1H. The molecule has 3 aromatic rings. The molecule has 0 saturated carbocycles. The first-order valence-corrected chi connectivity index (χ1v) is 10.6. The lowest BCUT2D eigenvalue weighted by Crippen LogP contribution is -2.38. The zero-order valence-electron chi connectivity index (χ0n) is 18.5. The Hall–Kier alpha value is -2.82. The lowest BCUT2D eigenvalue weighted by atomic mass is 10.3. The van der Waals surface area contributed by atoms with E-state index in [2.05, 4.69) is 32.6 Å². The number of nitrogens with zero attached hydrogens (tertiary/aromatic N) is 4. The second-order valence-electron chi connectivity index (χ2n) is 6.73. The van der Waals surface area contributed by atoms with Crippen molar-refractivity contribution in [1.29, 1.82) is 0 Å². The Morgan fingerprint density at radius 1 is 1.06 bits per heavy atom. The van der Waals surface area contributed by atoms with Crippen LogP contribution in [0.15, 0.2) is 66.0 Å². The minimum atomic E-state index is 0. The fourth-order valence-electron chi connectivity index (χ4n) is 2.88. The van der Waals surface area contributed by atoms with Crippen LogP contribution < -0.4 is 20.1 Å². The molecule has 0 radical (unpaired) electrons. The van der Waals surface area contributed by atoms with Gasteiger partial charge < -0.3 is 20.1 Å². The smallest absolute Gasteiger partial charge is 0.219 e. The summed E-state index contributed by atoms with van der Waals surface area (Å²) >= 11 is 0. The number of hydrogen-bond donors (Lipinski definition) is 2. The third kappa shape index (κ3) is 8.37. The quantitative estimate of drug-likeness (QED) is 0.161. The lowest BCUT2D eigenvalue weighted by Gasteiger charge is -2.12. The first kappa shape index (κ1) is 25.4. The zero-order chi connectivity index (χ0) is 21.7. The van der Waals surface area contributed by atoms with Crippen molar-refractivity contribution < 1.29 is 9.47 Å². The molecule has 0 aliphatic rings. The molecular weight excluding hydrogens is 519 g/mol. The molecule has 0 saturated heterocycles. The largest absolute Gasteiger partial charge is 0.490 e. The molecule has 0 bridgehead atoms. The summed E-state index contributed by atoms with van der Waals surface area (Å²) in [4.78, 5) is 9.05. The van der Waals surface area contributed by atoms with Crippen LogP contribution in [0.25, 0.3) is 0 Å². The van der Waals surface area contributed by atoms with Gasteiger partial charge in [0, 0.05) is 44.3 Å². The van der Waals surface area contributed by atoms with Gasteiger partial charge in [-0.25, -0.2) is 9.98 Å². The number of pyridine rings is 1. The van der Waals surface area contributed by atoms with E-state index in [1.807, 2.05) is 60.3 Å². The molecule has 3 rings (SSSR count). The normalized spacial score (nSPS) is 10.9. The number of aliphatic imine (C=N–C) groups is 1. The van der Waals surface area contributed by atoms with E-state index in [9.17, 15) is 0 Å². The van der Waals surface area contributed by atoms with Crippen LogP contribution in [0.1, 0.15) is 25.8 Å². The number of guanidine groups is 1. The van der Waals surface area contributed by atoms with Crippen LogP contribution in [0.3, 0.4) is 0 Å². The summed E-state index contributed by atoms with van der Waals surface area (Å²) in [5.41, 5.74) is 0.999. The number of para-hydroxylation sites is 2. The van der Waals surface area contributed by atoms with Crippen LogP contribution in [0.5, 0.6) is 17.4 Å². The van der Waals surface area contributed by atoms with Crippen molar-refractivity contribution in [1.82, 2.24) is 25.4 Å². The monoisotopic (exact) mass is 550 g/mol. The summed E-state index contributed by atoms with van der Waals surface area (Å²) < 4.78 is 13.4. The molecule has 0 atom stereocenters. The van der Waals surface area contributed by atoms with Gasteiger partial charge >= 0.3 is 0 Å². The Morgan fingerprint density at radius 3 is 2.59 bits per heavy atom. The SMILES string of the molecule is CCNC(=NCc1ccc(Oc2ccccc2OCC)nc1)NCCCn1cccn1.I. The number of halogens is 1. The zero-order valence-corrected chi connectivity index (χ0v) is 20.9. The van der Waals surface area contributed by atoms with E-state index in [4.69, 9.17) is 9.47 Å². The summed E-state index contributed by atoms with van der Waals surface area (Å²) in [7, 11) is 0. The third-order valence-corrected chi connectivity index (χ3v) is 4.34. The van der Waals surface area contributed by atoms with Crippen LogP contribution >= 0.6 is 24.0 Å². The molecule has 2 N–H and O–H groups in total. The average molecular weight is 550 g/mol. The van der Waals surface area contributed by atoms with E-state index in [1.165, 1.54) is 0 Å². The molecule has 1 aromatic carbocycles. The molecule has 32 heavy (non-hydrogen) atoms. The van der Waals surface area contributed by atoms with E-state index in [0.717, 1.165) is 37.6 Å². The molecule has 0 aliphatic heterocycles. The molecule has 0 amide bonds. The number of aromatic nitrogens is 3. The van der Waals surface area contributed by atoms with Crippen LogP contribution in [0.4, 0.5) is 0 Å². The highest BCUT2D eigenvalue weighted by atomic mass is 127. The third-order valence-electron chi connectivity index (χ3n) is 4.34. The second-order valence-corrected chi connectivity index (χ2v) is 6.73. The van der Waals surface area contributed by atoms with Crippen molar-refractivity contribution in [3.63, 3.8) is 0 Å². The highest BCUT2D eigenvalue weighted by Gasteiger charge is 2.06. The summed E-state index contributed by atoms with van der Waals surface area (Å²) in [5.74, 6) is 2.66. The summed E-state index contributed by atoms with van der Waals surface area (Å²) in [6.45, 7) is 7.59. The second kappa shape index (κ2) is 14.3. The maximum absolute atomic E-state index is 5.87. The Labute approximate surface area is 206 Å². The van der Waals surface area contributed by atoms with Gasteiger partial charge in [-0.3, -0.25) is 4.68 Å². The first-order chi connectivity index (χ1) is 15.3. The Kier molecular flexibility index (Phi) is 11.4. The number of aryl methyl sites for hydroxylation is 1. The van der Waals surface area contributed by atoms with Crippen molar-refractivity contribution in [3.8, 4) is 17.4 Å². The molecule has 2 heterocycles. The van der Waals surface area contributed by atoms with Crippen LogP contribution in [-0.4, -0.2) is 40.4 Å². The molecular formula is C23H31IN6O2. The molecule has 9 heteroatoms. The Balaban J connectivity index is 0.00000363. The molecule has 172 valence electrons. The van der Waals surface area contributed by atoms with Gasteiger partial charge in [0.05, 0.1) is 13.2 Å². The molecule has 0 spiro atoms. The maximum atomic E-state index is 5.87. The van der Waals surface area contributed by atoms with Crippen molar-refractivity contribution >= 4 is 29.9 Å². The van der Waals surface area contributed by atoms with Crippen LogP contribution in [0, 0.1) is 0 Å². The highest BCUT2D eigenvalue weighted by molar-refractivity contribution is 14.0. The van der Waals surface area contributed by atoms with Crippen molar-refractivity contribution in [2.45, 2.75) is 33.4 Å². The first-order valence-electron chi connectivity index (χ1n) is 10.6. The average Bonchev–Trinajstić information content (AvgIpc) is 3.31. The Bertz CT molecular complexity index is 932. The minimum absolute atomic E-state index is 0. The fourth-order valence-corrected chi connectivity index (χ4v) is 2.88. The Morgan fingerprint density at radius 2 is 1.91 bits per heavy atom. The number of rotatable bonds is 11. The fraction of sp³-hybridized carbons (Fsp3) is 0.348. The minimum Gasteiger partial charge on any atom is -0.490 e. The van der Waals surface area contributed by atoms with Gasteiger partial charge in [0.15, 0.2) is 17.5 Å². The van der Waals surface area contributed by atoms with E-state index >= 15 is 0 Å². The number of nitrogens with one attached hydrogen (secondary N) is 2. The number of ether oxygens (including phenoxy) is 2. The number of hydrogen-bond acceptors (Lipinski definition) is 5. The summed E-state index contributed by atoms with van der Waals surface area (Å²) in [6.07, 6.45) is 6.50. The molecule has 0 unspecified atom stereocenters. The molecule has 8 nitrogen and oxygen atoms in total. The summed E-state index contributed by atoms with van der Waals surface area (Å²) in [6, 6.07) is 13.3. The predicted octanol–water partition coefficient (Wildman–Crippen LogP) is 4.23. The van der Waals surface area contributed by atoms with Gasteiger partial charge in [-0.2, -0.15) is 5.10 Å². The molecule has 0 fully saturated rings.